The van der Waals surface area contributed by atoms with Crippen LogP contribution in [-0.2, 0) is 9.59 Å². The Labute approximate surface area is 198 Å². The van der Waals surface area contributed by atoms with E-state index in [1.807, 2.05) is 72.8 Å². The summed E-state index contributed by atoms with van der Waals surface area (Å²) in [6.45, 7) is 2.16. The zero-order chi connectivity index (χ0) is 23.2. The second-order valence-corrected chi connectivity index (χ2v) is 9.49. The average Bonchev–Trinajstić information content (AvgIpc) is 3.33. The van der Waals surface area contributed by atoms with E-state index in [9.17, 15) is 9.59 Å². The number of benzene rings is 4. The predicted molar refractivity (Wildman–Crippen MR) is 133 cm³/mol. The molecule has 2 aliphatic rings. The van der Waals surface area contributed by atoms with E-state index in [2.05, 4.69) is 6.92 Å². The molecule has 1 saturated carbocycles. The van der Waals surface area contributed by atoms with Gasteiger partial charge in [-0.2, -0.15) is 0 Å². The van der Waals surface area contributed by atoms with Crippen LogP contribution in [0.4, 0.5) is 0 Å². The van der Waals surface area contributed by atoms with Gasteiger partial charge < -0.3 is 9.47 Å². The molecule has 4 aromatic rings. The third-order valence-electron chi connectivity index (χ3n) is 7.59. The quantitative estimate of drug-likeness (QED) is 0.189. The Bertz CT molecular complexity index is 1340. The second-order valence-electron chi connectivity index (χ2n) is 9.49. The molecule has 0 amide bonds. The molecule has 0 aromatic heterocycles. The molecule has 0 spiro atoms. The number of fused-ring (bicyclic) bond motifs is 7. The van der Waals surface area contributed by atoms with E-state index in [4.69, 9.17) is 9.47 Å². The molecule has 0 bridgehead atoms. The number of esters is 2. The van der Waals surface area contributed by atoms with Crippen molar-refractivity contribution in [3.8, 4) is 22.6 Å². The molecule has 0 saturated heterocycles. The summed E-state index contributed by atoms with van der Waals surface area (Å²) in [6, 6.07) is 23.6. The molecule has 1 aliphatic carbocycles. The van der Waals surface area contributed by atoms with Gasteiger partial charge in [0.05, 0.1) is 0 Å². The monoisotopic (exact) mass is 450 g/mol. The minimum Gasteiger partial charge on any atom is -0.425 e. The van der Waals surface area contributed by atoms with E-state index >= 15 is 0 Å². The van der Waals surface area contributed by atoms with Crippen LogP contribution >= 0.6 is 0 Å². The first-order chi connectivity index (χ1) is 16.6. The van der Waals surface area contributed by atoms with Gasteiger partial charge in [0.25, 0.3) is 0 Å². The minimum absolute atomic E-state index is 0.0594. The van der Waals surface area contributed by atoms with Crippen LogP contribution in [0.5, 0.6) is 11.5 Å². The Balaban J connectivity index is 1.61. The maximum atomic E-state index is 13.5. The minimum atomic E-state index is -0.923. The molecule has 4 heteroatoms. The largest absolute Gasteiger partial charge is 0.425 e. The molecule has 1 aliphatic heterocycles. The van der Waals surface area contributed by atoms with Crippen molar-refractivity contribution >= 4 is 33.5 Å². The standard InChI is InChI=1S/C30H26O4/c1-2-18-11-12-21(17-18)26-29(31)33-24-15-13-19-7-3-5-9-22(19)27(24)28-23-10-6-4-8-20(23)14-16-25(28)34-30(26)32/h3-10,13-16,18,21,26H,2,11-12,17H2,1H3. The Morgan fingerprint density at radius 3 is 1.74 bits per heavy atom. The molecule has 2 atom stereocenters. The molecule has 2 unspecified atom stereocenters. The second kappa shape index (κ2) is 8.28. The fraction of sp³-hybridized carbons (Fsp3) is 0.267. The maximum absolute atomic E-state index is 13.5. The molecule has 1 heterocycles. The number of hydrogen-bond donors (Lipinski definition) is 0. The number of hydrogen-bond acceptors (Lipinski definition) is 4. The average molecular weight is 451 g/mol. The summed E-state index contributed by atoms with van der Waals surface area (Å²) in [6.07, 6.45) is 3.76. The number of ether oxygens (including phenoxy) is 2. The highest BCUT2D eigenvalue weighted by atomic mass is 16.6. The van der Waals surface area contributed by atoms with Gasteiger partial charge in [0.15, 0.2) is 5.92 Å². The molecule has 4 nitrogen and oxygen atoms in total. The topological polar surface area (TPSA) is 52.6 Å². The van der Waals surface area contributed by atoms with Gasteiger partial charge >= 0.3 is 11.9 Å². The van der Waals surface area contributed by atoms with Crippen molar-refractivity contribution in [2.75, 3.05) is 0 Å². The van der Waals surface area contributed by atoms with Crippen molar-refractivity contribution in [2.45, 2.75) is 32.6 Å². The van der Waals surface area contributed by atoms with Crippen molar-refractivity contribution in [3.05, 3.63) is 72.8 Å². The van der Waals surface area contributed by atoms with Gasteiger partial charge in [0.2, 0.25) is 0 Å². The van der Waals surface area contributed by atoms with E-state index in [0.717, 1.165) is 58.4 Å². The van der Waals surface area contributed by atoms with E-state index in [1.54, 1.807) is 0 Å². The van der Waals surface area contributed by atoms with Gasteiger partial charge in [0.1, 0.15) is 11.5 Å². The van der Waals surface area contributed by atoms with Gasteiger partial charge in [-0.3, -0.25) is 9.59 Å². The zero-order valence-corrected chi connectivity index (χ0v) is 19.1. The molecule has 34 heavy (non-hydrogen) atoms. The van der Waals surface area contributed by atoms with Crippen LogP contribution in [0.25, 0.3) is 32.7 Å². The Kier molecular flexibility index (Phi) is 5.09. The van der Waals surface area contributed by atoms with Crippen molar-refractivity contribution in [1.82, 2.24) is 0 Å². The SMILES string of the molecule is CCC1CCC(C2C(=O)Oc3ccc4ccccc4c3-c3c(ccc4ccccc34)OC2=O)C1. The van der Waals surface area contributed by atoms with Gasteiger partial charge in [0, 0.05) is 11.1 Å². The lowest BCUT2D eigenvalue weighted by Gasteiger charge is -2.20. The Hall–Kier alpha value is -3.66. The molecule has 0 radical (unpaired) electrons. The summed E-state index contributed by atoms with van der Waals surface area (Å²) >= 11 is 0. The maximum Gasteiger partial charge on any atom is 0.326 e. The summed E-state index contributed by atoms with van der Waals surface area (Å²) in [4.78, 5) is 27.0. The van der Waals surface area contributed by atoms with Crippen LogP contribution in [-0.4, -0.2) is 11.9 Å². The molecule has 0 N–H and O–H groups in total. The lowest BCUT2D eigenvalue weighted by atomic mass is 9.89. The summed E-state index contributed by atoms with van der Waals surface area (Å²) in [5.41, 5.74) is 1.56. The van der Waals surface area contributed by atoms with Gasteiger partial charge in [-0.15, -0.1) is 0 Å². The van der Waals surface area contributed by atoms with Crippen LogP contribution in [0, 0.1) is 17.8 Å². The van der Waals surface area contributed by atoms with Gasteiger partial charge in [-0.25, -0.2) is 0 Å². The van der Waals surface area contributed by atoms with Gasteiger partial charge in [-0.1, -0.05) is 80.4 Å². The number of carbonyl (C=O) groups is 2. The first-order valence-corrected chi connectivity index (χ1v) is 12.1. The Morgan fingerprint density at radius 1 is 0.706 bits per heavy atom. The molecular formula is C30H26O4. The van der Waals surface area contributed by atoms with Crippen LogP contribution in [0.2, 0.25) is 0 Å². The third-order valence-corrected chi connectivity index (χ3v) is 7.59. The van der Waals surface area contributed by atoms with E-state index in [0.29, 0.717) is 17.4 Å². The lowest BCUT2D eigenvalue weighted by molar-refractivity contribution is -0.153. The van der Waals surface area contributed by atoms with Crippen molar-refractivity contribution in [1.29, 1.82) is 0 Å². The van der Waals surface area contributed by atoms with Crippen LogP contribution in [0.1, 0.15) is 32.6 Å². The fourth-order valence-electron chi connectivity index (χ4n) is 5.80. The first kappa shape index (κ1) is 20.9. The zero-order valence-electron chi connectivity index (χ0n) is 19.1. The summed E-state index contributed by atoms with van der Waals surface area (Å²) < 4.78 is 12.1. The molecule has 170 valence electrons. The first-order valence-electron chi connectivity index (χ1n) is 12.1. The highest BCUT2D eigenvalue weighted by Crippen LogP contribution is 2.47. The van der Waals surface area contributed by atoms with Crippen LogP contribution in [0.3, 0.4) is 0 Å². The molecular weight excluding hydrogens is 424 g/mol. The van der Waals surface area contributed by atoms with E-state index < -0.39 is 17.9 Å². The van der Waals surface area contributed by atoms with Crippen LogP contribution in [0.15, 0.2) is 72.8 Å². The van der Waals surface area contributed by atoms with Gasteiger partial charge in [-0.05, 0) is 58.4 Å². The number of carbonyl (C=O) groups excluding carboxylic acids is 2. The lowest BCUT2D eigenvalue weighted by Crippen LogP contribution is -2.36. The summed E-state index contributed by atoms with van der Waals surface area (Å²) in [5.74, 6) is -0.542. The predicted octanol–water partition coefficient (Wildman–Crippen LogP) is 6.93. The summed E-state index contributed by atoms with van der Waals surface area (Å²) in [5, 5.41) is 3.96. The van der Waals surface area contributed by atoms with E-state index in [-0.39, 0.29) is 5.92 Å². The number of rotatable bonds is 2. The normalized spacial score (nSPS) is 20.7. The van der Waals surface area contributed by atoms with Crippen molar-refractivity contribution < 1.29 is 19.1 Å². The Morgan fingerprint density at radius 2 is 1.24 bits per heavy atom. The molecule has 4 aromatic carbocycles. The molecule has 1 fully saturated rings. The van der Waals surface area contributed by atoms with Crippen molar-refractivity contribution in [3.63, 3.8) is 0 Å². The third kappa shape index (κ3) is 3.37. The van der Waals surface area contributed by atoms with Crippen LogP contribution < -0.4 is 9.47 Å². The van der Waals surface area contributed by atoms with E-state index in [1.165, 1.54) is 0 Å². The smallest absolute Gasteiger partial charge is 0.326 e. The van der Waals surface area contributed by atoms with Crippen molar-refractivity contribution in [2.24, 2.45) is 17.8 Å². The molecule has 6 rings (SSSR count). The highest BCUT2D eigenvalue weighted by Gasteiger charge is 2.43. The highest BCUT2D eigenvalue weighted by molar-refractivity contribution is 6.11. The summed E-state index contributed by atoms with van der Waals surface area (Å²) in [7, 11) is 0. The fourth-order valence-corrected chi connectivity index (χ4v) is 5.80.